The highest BCUT2D eigenvalue weighted by Gasteiger charge is 2.16. The number of fused-ring (bicyclic) bond motifs is 1. The Balaban J connectivity index is 1.74. The van der Waals surface area contributed by atoms with Gasteiger partial charge >= 0.3 is 0 Å². The molecule has 1 aliphatic carbocycles. The van der Waals surface area contributed by atoms with Gasteiger partial charge in [0, 0.05) is 24.5 Å². The summed E-state index contributed by atoms with van der Waals surface area (Å²) in [6.07, 6.45) is 8.01. The molecule has 2 N–H and O–H groups in total. The molecule has 1 atom stereocenters. The summed E-state index contributed by atoms with van der Waals surface area (Å²) in [5.74, 6) is 0.814. The Bertz CT molecular complexity index is 371. The molecule has 16 heavy (non-hydrogen) atoms. The molecule has 1 unspecified atom stereocenters. The summed E-state index contributed by atoms with van der Waals surface area (Å²) in [5.41, 5.74) is 2.61. The van der Waals surface area contributed by atoms with Gasteiger partial charge in [-0.25, -0.2) is 9.97 Å². The summed E-state index contributed by atoms with van der Waals surface area (Å²) in [5, 5.41) is 6.74. The van der Waals surface area contributed by atoms with E-state index >= 15 is 0 Å². The summed E-state index contributed by atoms with van der Waals surface area (Å²) < 4.78 is 0. The minimum absolute atomic E-state index is 0.502. The third-order valence-electron chi connectivity index (χ3n) is 3.46. The maximum atomic E-state index is 4.63. The minimum atomic E-state index is 0.502. The van der Waals surface area contributed by atoms with Gasteiger partial charge in [-0.15, -0.1) is 0 Å². The van der Waals surface area contributed by atoms with Crippen LogP contribution >= 0.6 is 0 Å². The molecule has 86 valence electrons. The van der Waals surface area contributed by atoms with Gasteiger partial charge < -0.3 is 10.6 Å². The van der Waals surface area contributed by atoms with Crippen molar-refractivity contribution in [3.63, 3.8) is 0 Å². The molecular formula is C12H18N4. The average molecular weight is 218 g/mol. The molecule has 1 aliphatic heterocycles. The zero-order valence-corrected chi connectivity index (χ0v) is 9.50. The summed E-state index contributed by atoms with van der Waals surface area (Å²) in [6.45, 7) is 2.13. The van der Waals surface area contributed by atoms with Gasteiger partial charge in [0.1, 0.15) is 0 Å². The van der Waals surface area contributed by atoms with Crippen LogP contribution in [0.25, 0.3) is 0 Å². The normalized spacial score (nSPS) is 24.1. The average Bonchev–Trinajstić information content (AvgIpc) is 2.82. The SMILES string of the molecule is c1nc(NC2CCNC2)nc2c1CCCC2. The fraction of sp³-hybridized carbons (Fsp3) is 0.667. The van der Waals surface area contributed by atoms with Crippen molar-refractivity contribution in [3.8, 4) is 0 Å². The van der Waals surface area contributed by atoms with Crippen molar-refractivity contribution < 1.29 is 0 Å². The highest BCUT2D eigenvalue weighted by atomic mass is 15.1. The Morgan fingerprint density at radius 1 is 1.31 bits per heavy atom. The van der Waals surface area contributed by atoms with Crippen molar-refractivity contribution in [1.82, 2.24) is 15.3 Å². The summed E-state index contributed by atoms with van der Waals surface area (Å²) in [6, 6.07) is 0.502. The number of nitrogens with one attached hydrogen (secondary N) is 2. The maximum Gasteiger partial charge on any atom is 0.223 e. The molecule has 2 aliphatic rings. The molecule has 4 heteroatoms. The van der Waals surface area contributed by atoms with Crippen LogP contribution < -0.4 is 10.6 Å². The molecule has 0 aromatic carbocycles. The number of aryl methyl sites for hydroxylation is 2. The lowest BCUT2D eigenvalue weighted by molar-refractivity contribution is 0.660. The number of aromatic nitrogens is 2. The quantitative estimate of drug-likeness (QED) is 0.781. The molecule has 1 aromatic heterocycles. The number of hydrogen-bond donors (Lipinski definition) is 2. The molecule has 3 rings (SSSR count). The van der Waals surface area contributed by atoms with Gasteiger partial charge in [-0.1, -0.05) is 0 Å². The standard InChI is InChI=1S/C12H18N4/c1-2-4-11-9(3-1)7-14-12(16-11)15-10-5-6-13-8-10/h7,10,13H,1-6,8H2,(H,14,15,16). The number of anilines is 1. The number of hydrogen-bond acceptors (Lipinski definition) is 4. The predicted octanol–water partition coefficient (Wildman–Crippen LogP) is 1.13. The van der Waals surface area contributed by atoms with Crippen LogP contribution in [0.2, 0.25) is 0 Å². The van der Waals surface area contributed by atoms with Crippen molar-refractivity contribution in [2.75, 3.05) is 18.4 Å². The van der Waals surface area contributed by atoms with Gasteiger partial charge in [0.05, 0.1) is 0 Å². The van der Waals surface area contributed by atoms with Crippen LogP contribution in [0.15, 0.2) is 6.20 Å². The van der Waals surface area contributed by atoms with Crippen LogP contribution in [0.3, 0.4) is 0 Å². The molecule has 0 spiro atoms. The highest BCUT2D eigenvalue weighted by molar-refractivity contribution is 5.32. The number of rotatable bonds is 2. The fourth-order valence-corrected chi connectivity index (χ4v) is 2.51. The van der Waals surface area contributed by atoms with Gasteiger partial charge in [-0.2, -0.15) is 0 Å². The van der Waals surface area contributed by atoms with Crippen LogP contribution in [0, 0.1) is 0 Å². The number of nitrogens with zero attached hydrogens (tertiary/aromatic N) is 2. The van der Waals surface area contributed by atoms with Gasteiger partial charge in [-0.3, -0.25) is 0 Å². The largest absolute Gasteiger partial charge is 0.350 e. The second-order valence-corrected chi connectivity index (χ2v) is 4.71. The lowest BCUT2D eigenvalue weighted by Gasteiger charge is -2.16. The molecule has 1 fully saturated rings. The van der Waals surface area contributed by atoms with Crippen molar-refractivity contribution in [3.05, 3.63) is 17.5 Å². The van der Waals surface area contributed by atoms with Crippen LogP contribution in [0.1, 0.15) is 30.5 Å². The Hall–Kier alpha value is -1.16. The fourth-order valence-electron chi connectivity index (χ4n) is 2.51. The Kier molecular flexibility index (Phi) is 2.74. The third kappa shape index (κ3) is 2.02. The second-order valence-electron chi connectivity index (χ2n) is 4.71. The molecular weight excluding hydrogens is 200 g/mol. The monoisotopic (exact) mass is 218 g/mol. The molecule has 0 bridgehead atoms. The van der Waals surface area contributed by atoms with E-state index in [0.29, 0.717) is 6.04 Å². The van der Waals surface area contributed by atoms with Crippen molar-refractivity contribution in [2.45, 2.75) is 38.1 Å². The zero-order chi connectivity index (χ0) is 10.8. The summed E-state index contributed by atoms with van der Waals surface area (Å²) in [4.78, 5) is 9.03. The molecule has 0 saturated carbocycles. The smallest absolute Gasteiger partial charge is 0.223 e. The van der Waals surface area contributed by atoms with Crippen LogP contribution in [-0.4, -0.2) is 29.1 Å². The third-order valence-corrected chi connectivity index (χ3v) is 3.46. The lowest BCUT2D eigenvalue weighted by atomic mass is 9.98. The first kappa shape index (κ1) is 10.0. The zero-order valence-electron chi connectivity index (χ0n) is 9.50. The van der Waals surface area contributed by atoms with E-state index in [-0.39, 0.29) is 0 Å². The van der Waals surface area contributed by atoms with Crippen molar-refractivity contribution >= 4 is 5.95 Å². The molecule has 2 heterocycles. The van der Waals surface area contributed by atoms with E-state index in [1.165, 1.54) is 30.5 Å². The first-order valence-corrected chi connectivity index (χ1v) is 6.24. The lowest BCUT2D eigenvalue weighted by Crippen LogP contribution is -2.24. The minimum Gasteiger partial charge on any atom is -0.350 e. The van der Waals surface area contributed by atoms with Crippen LogP contribution in [0.5, 0.6) is 0 Å². The topological polar surface area (TPSA) is 49.8 Å². The van der Waals surface area contributed by atoms with Gasteiger partial charge in [-0.05, 0) is 44.2 Å². The first-order chi connectivity index (χ1) is 7.92. The Morgan fingerprint density at radius 3 is 3.12 bits per heavy atom. The van der Waals surface area contributed by atoms with E-state index in [2.05, 4.69) is 20.6 Å². The molecule has 4 nitrogen and oxygen atoms in total. The van der Waals surface area contributed by atoms with Gasteiger partial charge in [0.2, 0.25) is 5.95 Å². The first-order valence-electron chi connectivity index (χ1n) is 6.24. The molecule has 0 amide bonds. The Labute approximate surface area is 95.9 Å². The summed E-state index contributed by atoms with van der Waals surface area (Å²) >= 11 is 0. The van der Waals surface area contributed by atoms with E-state index < -0.39 is 0 Å². The summed E-state index contributed by atoms with van der Waals surface area (Å²) in [7, 11) is 0. The van der Waals surface area contributed by atoms with Crippen molar-refractivity contribution in [2.24, 2.45) is 0 Å². The van der Waals surface area contributed by atoms with E-state index in [4.69, 9.17) is 0 Å². The molecule has 1 aromatic rings. The van der Waals surface area contributed by atoms with E-state index in [1.807, 2.05) is 6.20 Å². The van der Waals surface area contributed by atoms with E-state index in [1.54, 1.807) is 0 Å². The van der Waals surface area contributed by atoms with E-state index in [9.17, 15) is 0 Å². The second kappa shape index (κ2) is 4.37. The van der Waals surface area contributed by atoms with Crippen molar-refractivity contribution in [1.29, 1.82) is 0 Å². The Morgan fingerprint density at radius 2 is 2.25 bits per heavy atom. The molecule has 0 radical (unpaired) electrons. The van der Waals surface area contributed by atoms with Gasteiger partial charge in [0.25, 0.3) is 0 Å². The van der Waals surface area contributed by atoms with Gasteiger partial charge in [0.15, 0.2) is 0 Å². The highest BCUT2D eigenvalue weighted by Crippen LogP contribution is 2.19. The maximum absolute atomic E-state index is 4.63. The molecule has 1 saturated heterocycles. The predicted molar refractivity (Wildman–Crippen MR) is 63.6 cm³/mol. The van der Waals surface area contributed by atoms with Crippen LogP contribution in [0.4, 0.5) is 5.95 Å². The van der Waals surface area contributed by atoms with Crippen LogP contribution in [-0.2, 0) is 12.8 Å². The van der Waals surface area contributed by atoms with E-state index in [0.717, 1.165) is 31.9 Å².